The summed E-state index contributed by atoms with van der Waals surface area (Å²) in [6, 6.07) is 8.61. The molecular weight excluding hydrogens is 405 g/mol. The van der Waals surface area contributed by atoms with Gasteiger partial charge in [-0.25, -0.2) is 4.79 Å². The highest BCUT2D eigenvalue weighted by molar-refractivity contribution is 6.04. The Labute approximate surface area is 170 Å². The largest absolute Gasteiger partial charge is 0.493 e. The number of halogens is 3. The van der Waals surface area contributed by atoms with Crippen LogP contribution in [0.3, 0.4) is 0 Å². The lowest BCUT2D eigenvalue weighted by atomic mass is 9.90. The van der Waals surface area contributed by atoms with Gasteiger partial charge < -0.3 is 19.3 Å². The Morgan fingerprint density at radius 3 is 1.93 bits per heavy atom. The molecule has 0 aliphatic heterocycles. The van der Waals surface area contributed by atoms with Gasteiger partial charge >= 0.3 is 18.1 Å². The van der Waals surface area contributed by atoms with Gasteiger partial charge in [0.2, 0.25) is 0 Å². The number of alkyl halides is 3. The highest BCUT2D eigenvalue weighted by atomic mass is 19.4. The quantitative estimate of drug-likeness (QED) is 0.531. The van der Waals surface area contributed by atoms with Gasteiger partial charge in [-0.05, 0) is 35.4 Å². The van der Waals surface area contributed by atoms with Crippen molar-refractivity contribution in [2.24, 2.45) is 0 Å². The minimum atomic E-state index is -4.54. The van der Waals surface area contributed by atoms with Crippen LogP contribution in [-0.2, 0) is 20.5 Å². The molecule has 0 saturated heterocycles. The molecule has 0 heterocycles. The lowest BCUT2D eigenvalue weighted by molar-refractivity contribution is -0.141. The summed E-state index contributed by atoms with van der Waals surface area (Å²) in [5, 5.41) is 9.27. The molecule has 0 spiro atoms. The molecule has 0 fully saturated rings. The molecule has 2 aromatic carbocycles. The van der Waals surface area contributed by atoms with E-state index in [0.717, 1.165) is 19.2 Å². The van der Waals surface area contributed by atoms with Crippen molar-refractivity contribution in [1.29, 1.82) is 0 Å². The van der Waals surface area contributed by atoms with Crippen LogP contribution in [0.15, 0.2) is 48.0 Å². The predicted octanol–water partition coefficient (Wildman–Crippen LogP) is 4.17. The zero-order valence-electron chi connectivity index (χ0n) is 16.4. The van der Waals surface area contributed by atoms with Gasteiger partial charge in [-0.1, -0.05) is 18.2 Å². The Bertz CT molecular complexity index is 962. The van der Waals surface area contributed by atoms with E-state index in [4.69, 9.17) is 14.2 Å². The van der Waals surface area contributed by atoms with Crippen LogP contribution in [0.5, 0.6) is 11.5 Å². The molecule has 0 unspecified atom stereocenters. The average molecular weight is 424 g/mol. The fraction of sp³-hybridized carbons (Fsp3) is 0.238. The normalized spacial score (nSPS) is 12.1. The number of methoxy groups -OCH3 is 3. The van der Waals surface area contributed by atoms with E-state index in [0.29, 0.717) is 17.1 Å². The third kappa shape index (κ3) is 5.11. The van der Waals surface area contributed by atoms with Crippen LogP contribution in [0.2, 0.25) is 0 Å². The second kappa shape index (κ2) is 9.34. The Hall–Kier alpha value is -3.49. The van der Waals surface area contributed by atoms with Crippen LogP contribution < -0.4 is 9.47 Å². The van der Waals surface area contributed by atoms with E-state index in [1.807, 2.05) is 0 Å². The van der Waals surface area contributed by atoms with Crippen molar-refractivity contribution in [2.45, 2.75) is 12.6 Å². The number of ether oxygens (including phenoxy) is 3. The topological polar surface area (TPSA) is 82.1 Å². The van der Waals surface area contributed by atoms with Crippen LogP contribution in [-0.4, -0.2) is 38.4 Å². The summed E-state index contributed by atoms with van der Waals surface area (Å²) in [4.78, 5) is 23.7. The molecular formula is C21H19F3O6. The Morgan fingerprint density at radius 1 is 0.900 bits per heavy atom. The number of carbonyl (C=O) groups is 2. The minimum Gasteiger partial charge on any atom is -0.493 e. The molecule has 160 valence electrons. The monoisotopic (exact) mass is 424 g/mol. The zero-order chi connectivity index (χ0) is 22.5. The summed E-state index contributed by atoms with van der Waals surface area (Å²) < 4.78 is 54.0. The van der Waals surface area contributed by atoms with Gasteiger partial charge in [0.05, 0.1) is 38.9 Å². The number of rotatable bonds is 7. The average Bonchev–Trinajstić information content (AvgIpc) is 2.71. The molecule has 0 atom stereocenters. The standard InChI is InChI=1S/C21H19F3O6/c1-28-16-9-6-13(10-17(16)29-2)19(15(11-18(25)26)20(27)30-3)12-4-7-14(8-5-12)21(22,23)24/h4-10H,11H2,1-3H3,(H,25,26). The maximum atomic E-state index is 12.9. The van der Waals surface area contributed by atoms with Gasteiger partial charge in [0.25, 0.3) is 0 Å². The second-order valence-electron chi connectivity index (χ2n) is 6.06. The van der Waals surface area contributed by atoms with Crippen LogP contribution in [0, 0.1) is 0 Å². The summed E-state index contributed by atoms with van der Waals surface area (Å²) in [6.45, 7) is 0. The summed E-state index contributed by atoms with van der Waals surface area (Å²) in [5.41, 5.74) is -0.447. The Morgan fingerprint density at radius 2 is 1.47 bits per heavy atom. The molecule has 0 saturated carbocycles. The fourth-order valence-electron chi connectivity index (χ4n) is 2.87. The maximum absolute atomic E-state index is 12.9. The predicted molar refractivity (Wildman–Crippen MR) is 101 cm³/mol. The van der Waals surface area contributed by atoms with Crippen molar-refractivity contribution < 1.29 is 42.1 Å². The lowest BCUT2D eigenvalue weighted by Gasteiger charge is -2.17. The number of hydrogen-bond acceptors (Lipinski definition) is 5. The number of benzene rings is 2. The van der Waals surface area contributed by atoms with Gasteiger partial charge in [-0.15, -0.1) is 0 Å². The summed E-state index contributed by atoms with van der Waals surface area (Å²) >= 11 is 0. The number of hydrogen-bond donors (Lipinski definition) is 1. The van der Waals surface area contributed by atoms with Gasteiger partial charge in [0, 0.05) is 5.57 Å². The third-order valence-electron chi connectivity index (χ3n) is 4.23. The van der Waals surface area contributed by atoms with Crippen molar-refractivity contribution in [1.82, 2.24) is 0 Å². The number of carboxylic acids is 1. The van der Waals surface area contributed by atoms with Crippen molar-refractivity contribution in [3.8, 4) is 11.5 Å². The first-order chi connectivity index (χ1) is 14.1. The van der Waals surface area contributed by atoms with Crippen molar-refractivity contribution >= 4 is 17.5 Å². The molecule has 0 amide bonds. The van der Waals surface area contributed by atoms with E-state index in [-0.39, 0.29) is 16.7 Å². The first-order valence-electron chi connectivity index (χ1n) is 8.55. The Kier molecular flexibility index (Phi) is 7.10. The van der Waals surface area contributed by atoms with Crippen LogP contribution >= 0.6 is 0 Å². The van der Waals surface area contributed by atoms with Gasteiger partial charge in [-0.2, -0.15) is 13.2 Å². The molecule has 6 nitrogen and oxygen atoms in total. The Balaban J connectivity index is 2.79. The van der Waals surface area contributed by atoms with E-state index in [2.05, 4.69) is 0 Å². The highest BCUT2D eigenvalue weighted by Crippen LogP contribution is 2.37. The van der Waals surface area contributed by atoms with E-state index < -0.39 is 30.1 Å². The molecule has 0 bridgehead atoms. The number of aliphatic carboxylic acids is 1. The van der Waals surface area contributed by atoms with Crippen LogP contribution in [0.1, 0.15) is 23.1 Å². The first-order valence-corrected chi connectivity index (χ1v) is 8.55. The lowest BCUT2D eigenvalue weighted by Crippen LogP contribution is -2.13. The molecule has 30 heavy (non-hydrogen) atoms. The molecule has 1 N–H and O–H groups in total. The number of carbonyl (C=O) groups excluding carboxylic acids is 1. The van der Waals surface area contributed by atoms with Gasteiger partial charge in [0.1, 0.15) is 0 Å². The van der Waals surface area contributed by atoms with E-state index in [1.54, 1.807) is 6.07 Å². The summed E-state index contributed by atoms with van der Waals surface area (Å²) in [6.07, 6.45) is -5.24. The van der Waals surface area contributed by atoms with E-state index in [1.165, 1.54) is 38.5 Å². The molecule has 9 heteroatoms. The second-order valence-corrected chi connectivity index (χ2v) is 6.06. The zero-order valence-corrected chi connectivity index (χ0v) is 16.4. The smallest absolute Gasteiger partial charge is 0.416 e. The molecule has 0 aliphatic rings. The first kappa shape index (κ1) is 22.8. The van der Waals surface area contributed by atoms with Gasteiger partial charge in [0.15, 0.2) is 11.5 Å². The van der Waals surface area contributed by atoms with Crippen LogP contribution in [0.4, 0.5) is 13.2 Å². The van der Waals surface area contributed by atoms with Crippen LogP contribution in [0.25, 0.3) is 5.57 Å². The van der Waals surface area contributed by atoms with E-state index in [9.17, 15) is 27.9 Å². The molecule has 2 aromatic rings. The van der Waals surface area contributed by atoms with Crippen molar-refractivity contribution in [2.75, 3.05) is 21.3 Å². The number of esters is 1. The number of carboxylic acid groups (broad SMARTS) is 1. The fourth-order valence-corrected chi connectivity index (χ4v) is 2.87. The van der Waals surface area contributed by atoms with Crippen molar-refractivity contribution in [3.63, 3.8) is 0 Å². The molecule has 2 rings (SSSR count). The van der Waals surface area contributed by atoms with Gasteiger partial charge in [-0.3, -0.25) is 4.79 Å². The third-order valence-corrected chi connectivity index (χ3v) is 4.23. The maximum Gasteiger partial charge on any atom is 0.416 e. The molecule has 0 aliphatic carbocycles. The SMILES string of the molecule is COC(=O)C(CC(=O)O)=C(c1ccc(C(F)(F)F)cc1)c1ccc(OC)c(OC)c1. The molecule has 0 radical (unpaired) electrons. The minimum absolute atomic E-state index is 0.110. The van der Waals surface area contributed by atoms with Crippen molar-refractivity contribution in [3.05, 3.63) is 64.7 Å². The highest BCUT2D eigenvalue weighted by Gasteiger charge is 2.30. The summed E-state index contributed by atoms with van der Waals surface area (Å²) in [5.74, 6) is -1.55. The molecule has 0 aromatic heterocycles. The summed E-state index contributed by atoms with van der Waals surface area (Å²) in [7, 11) is 3.90. The van der Waals surface area contributed by atoms with E-state index >= 15 is 0 Å².